The summed E-state index contributed by atoms with van der Waals surface area (Å²) in [5, 5.41) is 0. The van der Waals surface area contributed by atoms with Crippen LogP contribution in [0.5, 0.6) is 0 Å². The molecule has 2 aliphatic carbocycles. The van der Waals surface area contributed by atoms with Gasteiger partial charge in [-0.2, -0.15) is 12.2 Å². The fourth-order valence-electron chi connectivity index (χ4n) is 1.97. The maximum Gasteiger partial charge on any atom is 0.183 e. The van der Waals surface area contributed by atoms with E-state index >= 15 is 0 Å². The van der Waals surface area contributed by atoms with E-state index in [0.717, 1.165) is 24.4 Å². The maximum absolute atomic E-state index is 5.64. The summed E-state index contributed by atoms with van der Waals surface area (Å²) in [6.45, 7) is 20.0. The van der Waals surface area contributed by atoms with Gasteiger partial charge in [0.1, 0.15) is 0 Å². The van der Waals surface area contributed by atoms with E-state index in [1.807, 2.05) is 24.3 Å². The Morgan fingerprint density at radius 2 is 1.06 bits per heavy atom. The molecule has 4 nitrogen and oxygen atoms in total. The Bertz CT molecular complexity index is 570. The van der Waals surface area contributed by atoms with Gasteiger partial charge in [0.05, 0.1) is 26.4 Å². The molecule has 0 fully saturated rings. The third-order valence-electron chi connectivity index (χ3n) is 3.11. The molecule has 0 radical (unpaired) electrons. The van der Waals surface area contributed by atoms with Crippen LogP contribution in [0.2, 0.25) is 39.3 Å². The van der Waals surface area contributed by atoms with Crippen LogP contribution in [0.25, 0.3) is 0 Å². The molecule has 0 atom stereocenters. The van der Waals surface area contributed by atoms with Crippen molar-refractivity contribution < 1.29 is 67.4 Å². The maximum atomic E-state index is 5.64. The molecule has 0 saturated heterocycles. The van der Waals surface area contributed by atoms with Gasteiger partial charge in [-0.05, 0) is 50.8 Å². The van der Waals surface area contributed by atoms with Crippen molar-refractivity contribution in [3.05, 3.63) is 48.0 Å². The second kappa shape index (κ2) is 20.6. The standard InChI is InChI=1S/2C10H17O2Si.C3H6.2ClH.Zr/c2*1-13(2,3)12-9-8-11-10-6-4-5-7-10;1-3-2;;;/h2*6-7H,4,8-9H2,1-3H3;1-2H3;2*1H;/q2*-1;;;;+2/p-2. The van der Waals surface area contributed by atoms with Crippen LogP contribution in [0.3, 0.4) is 0 Å². The first-order valence-corrected chi connectivity index (χ1v) is 18.5. The van der Waals surface area contributed by atoms with E-state index in [1.165, 1.54) is 3.21 Å². The van der Waals surface area contributed by atoms with Crippen molar-refractivity contribution in [3.63, 3.8) is 0 Å². The number of rotatable bonds is 10. The zero-order chi connectivity index (χ0) is 23.0. The van der Waals surface area contributed by atoms with Crippen LogP contribution in [-0.2, 0) is 42.6 Å². The minimum atomic E-state index is -1.36. The molecule has 0 bridgehead atoms. The molecule has 0 spiro atoms. The predicted octanol–water partition coefficient (Wildman–Crippen LogP) is -0.244. The predicted molar refractivity (Wildman–Crippen MR) is 128 cm³/mol. The van der Waals surface area contributed by atoms with Crippen LogP contribution in [0.4, 0.5) is 0 Å². The number of hydrogen-bond acceptors (Lipinski definition) is 4. The van der Waals surface area contributed by atoms with Gasteiger partial charge in [-0.15, -0.1) is 25.0 Å². The van der Waals surface area contributed by atoms with Gasteiger partial charge in [-0.3, -0.25) is 12.2 Å². The van der Waals surface area contributed by atoms with Crippen LogP contribution in [0, 0.1) is 12.2 Å². The summed E-state index contributed by atoms with van der Waals surface area (Å²) in [6.07, 6.45) is 15.7. The molecule has 2 rings (SSSR count). The van der Waals surface area contributed by atoms with Crippen LogP contribution in [0.15, 0.2) is 35.8 Å². The van der Waals surface area contributed by atoms with Gasteiger partial charge in [0.15, 0.2) is 16.6 Å². The zero-order valence-corrected chi connectivity index (χ0v) is 26.9. The van der Waals surface area contributed by atoms with Gasteiger partial charge in [0, 0.05) is 0 Å². The Morgan fingerprint density at radius 3 is 1.28 bits per heavy atom. The molecule has 9 heteroatoms. The topological polar surface area (TPSA) is 36.9 Å². The molecule has 0 amide bonds. The second-order valence-corrected chi connectivity index (χ2v) is 20.4. The summed E-state index contributed by atoms with van der Waals surface area (Å²) in [7, 11) is -2.72. The first kappa shape index (κ1) is 36.8. The summed E-state index contributed by atoms with van der Waals surface area (Å²) >= 11 is 1.55. The van der Waals surface area contributed by atoms with Gasteiger partial charge in [-0.1, -0.05) is 0 Å². The van der Waals surface area contributed by atoms with Crippen molar-refractivity contribution in [3.8, 4) is 0 Å². The summed E-state index contributed by atoms with van der Waals surface area (Å²) in [5.41, 5.74) is 0. The zero-order valence-electron chi connectivity index (χ0n) is 20.9. The van der Waals surface area contributed by atoms with Gasteiger partial charge >= 0.3 is 41.3 Å². The molecule has 32 heavy (non-hydrogen) atoms. The molecule has 0 heterocycles. The van der Waals surface area contributed by atoms with Crippen molar-refractivity contribution in [2.24, 2.45) is 0 Å². The normalized spacial score (nSPS) is 13.9. The van der Waals surface area contributed by atoms with E-state index in [2.05, 4.69) is 65.3 Å². The Morgan fingerprint density at radius 1 is 0.750 bits per heavy atom. The third kappa shape index (κ3) is 28.3. The van der Waals surface area contributed by atoms with Crippen LogP contribution in [0.1, 0.15) is 26.7 Å². The van der Waals surface area contributed by atoms with E-state index < -0.39 is 16.6 Å². The number of ether oxygens (including phenoxy) is 2. The number of halogens is 2. The average Bonchev–Trinajstić information content (AvgIpc) is 3.28. The van der Waals surface area contributed by atoms with Crippen molar-refractivity contribution >= 4 is 19.8 Å². The minimum Gasteiger partial charge on any atom is -1.00 e. The van der Waals surface area contributed by atoms with E-state index in [0.29, 0.717) is 26.4 Å². The molecular weight excluding hydrogens is 559 g/mol. The SMILES string of the molecule is C[C](C)=[Zr+2].C[Si](C)(C)OCCOC1=CC[C-]=C1.C[Si](C)(C)OCCOC1=CC[C-]=C1.[Cl-].[Cl-]. The van der Waals surface area contributed by atoms with Gasteiger partial charge in [-0.25, -0.2) is 0 Å². The quantitative estimate of drug-likeness (QED) is 0.198. The van der Waals surface area contributed by atoms with Gasteiger partial charge in [0.25, 0.3) is 0 Å². The summed E-state index contributed by atoms with van der Waals surface area (Å²) < 4.78 is 23.7. The third-order valence-corrected chi connectivity index (χ3v) is 5.25. The van der Waals surface area contributed by atoms with Gasteiger partial charge < -0.3 is 43.1 Å². The van der Waals surface area contributed by atoms with Crippen molar-refractivity contribution in [2.75, 3.05) is 26.4 Å². The molecule has 184 valence electrons. The van der Waals surface area contributed by atoms with E-state index in [4.69, 9.17) is 18.3 Å². The monoisotopic (exact) mass is 596 g/mol. The molecule has 0 saturated carbocycles. The largest absolute Gasteiger partial charge is 1.00 e. The van der Waals surface area contributed by atoms with Crippen molar-refractivity contribution in [1.29, 1.82) is 0 Å². The van der Waals surface area contributed by atoms with Crippen LogP contribution < -0.4 is 24.8 Å². The van der Waals surface area contributed by atoms with E-state index in [1.54, 1.807) is 24.2 Å². The number of hydrogen-bond donors (Lipinski definition) is 0. The molecule has 0 aliphatic heterocycles. The molecule has 0 aromatic carbocycles. The Labute approximate surface area is 226 Å². The molecule has 0 N–H and O–H groups in total. The minimum absolute atomic E-state index is 0. The summed E-state index contributed by atoms with van der Waals surface area (Å²) in [6, 6.07) is 0. The molecular formula is C23H40Cl2O4Si2Zr-2. The Kier molecular flexibility index (Phi) is 23.7. The smallest absolute Gasteiger partial charge is 0.183 e. The first-order valence-electron chi connectivity index (χ1n) is 10.5. The molecule has 0 aromatic rings. The molecule has 0 unspecified atom stereocenters. The number of allylic oxidation sites excluding steroid dienone is 6. The fourth-order valence-corrected chi connectivity index (χ4v) is 3.36. The van der Waals surface area contributed by atoms with E-state index in [9.17, 15) is 0 Å². The Hall–Kier alpha value is 0.247. The molecule has 0 aromatic heterocycles. The first-order chi connectivity index (χ1) is 13.9. The van der Waals surface area contributed by atoms with Crippen molar-refractivity contribution in [2.45, 2.75) is 66.0 Å². The van der Waals surface area contributed by atoms with Crippen LogP contribution in [-0.4, -0.2) is 46.3 Å². The van der Waals surface area contributed by atoms with Crippen LogP contribution >= 0.6 is 0 Å². The average molecular weight is 599 g/mol. The van der Waals surface area contributed by atoms with E-state index in [-0.39, 0.29) is 24.8 Å². The second-order valence-electron chi connectivity index (χ2n) is 8.94. The molecule has 2 aliphatic rings. The fraction of sp³-hybridized carbons (Fsp3) is 0.609. The van der Waals surface area contributed by atoms with Gasteiger partial charge in [0.2, 0.25) is 0 Å². The van der Waals surface area contributed by atoms with Crippen molar-refractivity contribution in [1.82, 2.24) is 0 Å². The summed E-state index contributed by atoms with van der Waals surface area (Å²) in [5.74, 6) is 1.86. The summed E-state index contributed by atoms with van der Waals surface area (Å²) in [4.78, 5) is 0. The Balaban J connectivity index is -0.000000428.